The molecule has 96 valence electrons. The number of hydrogen-bond donors (Lipinski definition) is 2. The standard InChI is InChI=1S/C15H21N3/c1-15(2,3)8-10-16-13-6-4-5-12(11-13)14-7-9-17-18-14/h4-7,9,11,16H,8,10H2,1-3H3,(H,17,18). The fourth-order valence-electron chi connectivity index (χ4n) is 1.80. The molecule has 0 amide bonds. The lowest BCUT2D eigenvalue weighted by Crippen LogP contribution is -2.12. The van der Waals surface area contributed by atoms with Gasteiger partial charge in [-0.25, -0.2) is 0 Å². The van der Waals surface area contributed by atoms with Gasteiger partial charge in [-0.3, -0.25) is 5.10 Å². The monoisotopic (exact) mass is 243 g/mol. The summed E-state index contributed by atoms with van der Waals surface area (Å²) in [5.41, 5.74) is 3.74. The molecular weight excluding hydrogens is 222 g/mol. The second-order valence-corrected chi connectivity index (χ2v) is 5.79. The second kappa shape index (κ2) is 5.25. The number of benzene rings is 1. The van der Waals surface area contributed by atoms with E-state index in [1.807, 2.05) is 6.07 Å². The summed E-state index contributed by atoms with van der Waals surface area (Å²) in [7, 11) is 0. The van der Waals surface area contributed by atoms with Gasteiger partial charge in [-0.15, -0.1) is 0 Å². The first kappa shape index (κ1) is 12.7. The minimum atomic E-state index is 0.369. The molecule has 0 bridgehead atoms. The molecule has 1 aromatic heterocycles. The molecule has 18 heavy (non-hydrogen) atoms. The van der Waals surface area contributed by atoms with Gasteiger partial charge in [0.1, 0.15) is 0 Å². The van der Waals surface area contributed by atoms with E-state index in [0.29, 0.717) is 5.41 Å². The molecule has 0 atom stereocenters. The molecule has 2 aromatic rings. The van der Waals surface area contributed by atoms with Gasteiger partial charge in [-0.05, 0) is 30.0 Å². The number of aromatic nitrogens is 2. The summed E-state index contributed by atoms with van der Waals surface area (Å²) < 4.78 is 0. The van der Waals surface area contributed by atoms with Gasteiger partial charge in [0.25, 0.3) is 0 Å². The molecule has 3 heteroatoms. The summed E-state index contributed by atoms with van der Waals surface area (Å²) in [4.78, 5) is 0. The summed E-state index contributed by atoms with van der Waals surface area (Å²) in [6, 6.07) is 10.4. The van der Waals surface area contributed by atoms with Crippen LogP contribution in [-0.4, -0.2) is 16.7 Å². The van der Waals surface area contributed by atoms with E-state index in [4.69, 9.17) is 0 Å². The predicted molar refractivity (Wildman–Crippen MR) is 76.6 cm³/mol. The van der Waals surface area contributed by atoms with Crippen LogP contribution in [0.3, 0.4) is 0 Å². The Labute approximate surface area is 109 Å². The molecule has 0 radical (unpaired) electrons. The van der Waals surface area contributed by atoms with Crippen molar-refractivity contribution < 1.29 is 0 Å². The van der Waals surface area contributed by atoms with E-state index in [9.17, 15) is 0 Å². The first-order valence-electron chi connectivity index (χ1n) is 6.38. The number of rotatable bonds is 4. The largest absolute Gasteiger partial charge is 0.385 e. The second-order valence-electron chi connectivity index (χ2n) is 5.79. The van der Waals surface area contributed by atoms with Crippen molar-refractivity contribution in [3.8, 4) is 11.3 Å². The number of H-pyrrole nitrogens is 1. The van der Waals surface area contributed by atoms with E-state index >= 15 is 0 Å². The minimum absolute atomic E-state index is 0.369. The third-order valence-corrected chi connectivity index (χ3v) is 2.88. The van der Waals surface area contributed by atoms with Crippen LogP contribution in [0.25, 0.3) is 11.3 Å². The van der Waals surface area contributed by atoms with Crippen molar-refractivity contribution in [1.29, 1.82) is 0 Å². The van der Waals surface area contributed by atoms with E-state index in [1.165, 1.54) is 0 Å². The highest BCUT2D eigenvalue weighted by Gasteiger charge is 2.09. The van der Waals surface area contributed by atoms with Crippen LogP contribution >= 0.6 is 0 Å². The zero-order valence-corrected chi connectivity index (χ0v) is 11.3. The highest BCUT2D eigenvalue weighted by Crippen LogP contribution is 2.22. The van der Waals surface area contributed by atoms with Crippen molar-refractivity contribution in [3.63, 3.8) is 0 Å². The van der Waals surface area contributed by atoms with Gasteiger partial charge < -0.3 is 5.32 Å². The third kappa shape index (κ3) is 3.62. The first-order chi connectivity index (χ1) is 8.54. The predicted octanol–water partition coefficient (Wildman–Crippen LogP) is 3.92. The van der Waals surface area contributed by atoms with Crippen LogP contribution in [-0.2, 0) is 0 Å². The molecule has 0 aliphatic rings. The molecule has 0 aliphatic heterocycles. The minimum Gasteiger partial charge on any atom is -0.385 e. The normalized spacial score (nSPS) is 11.5. The summed E-state index contributed by atoms with van der Waals surface area (Å²) >= 11 is 0. The van der Waals surface area contributed by atoms with Gasteiger partial charge in [-0.2, -0.15) is 5.10 Å². The van der Waals surface area contributed by atoms with Gasteiger partial charge in [0.05, 0.1) is 5.69 Å². The summed E-state index contributed by atoms with van der Waals surface area (Å²) in [6.45, 7) is 7.77. The van der Waals surface area contributed by atoms with E-state index in [1.54, 1.807) is 6.20 Å². The van der Waals surface area contributed by atoms with Crippen molar-refractivity contribution in [2.24, 2.45) is 5.41 Å². The van der Waals surface area contributed by atoms with Gasteiger partial charge in [-0.1, -0.05) is 32.9 Å². The fourth-order valence-corrected chi connectivity index (χ4v) is 1.80. The van der Waals surface area contributed by atoms with Crippen LogP contribution in [0, 0.1) is 5.41 Å². The van der Waals surface area contributed by atoms with Gasteiger partial charge in [0.2, 0.25) is 0 Å². The highest BCUT2D eigenvalue weighted by atomic mass is 15.1. The van der Waals surface area contributed by atoms with Crippen LogP contribution < -0.4 is 5.32 Å². The molecule has 0 aliphatic carbocycles. The van der Waals surface area contributed by atoms with E-state index in [-0.39, 0.29) is 0 Å². The van der Waals surface area contributed by atoms with Crippen LogP contribution in [0.2, 0.25) is 0 Å². The lowest BCUT2D eigenvalue weighted by molar-refractivity contribution is 0.390. The topological polar surface area (TPSA) is 40.7 Å². The van der Waals surface area contributed by atoms with E-state index in [0.717, 1.165) is 29.9 Å². The van der Waals surface area contributed by atoms with Gasteiger partial charge in [0, 0.05) is 24.0 Å². The molecule has 2 N–H and O–H groups in total. The van der Waals surface area contributed by atoms with Crippen LogP contribution in [0.4, 0.5) is 5.69 Å². The van der Waals surface area contributed by atoms with Crippen molar-refractivity contribution in [2.75, 3.05) is 11.9 Å². The maximum atomic E-state index is 3.98. The number of anilines is 1. The van der Waals surface area contributed by atoms with Crippen molar-refractivity contribution in [2.45, 2.75) is 27.2 Å². The third-order valence-electron chi connectivity index (χ3n) is 2.88. The van der Waals surface area contributed by atoms with E-state index in [2.05, 4.69) is 60.6 Å². The number of hydrogen-bond acceptors (Lipinski definition) is 2. The Hall–Kier alpha value is -1.77. The summed E-state index contributed by atoms with van der Waals surface area (Å²) in [5.74, 6) is 0. The SMILES string of the molecule is CC(C)(C)CCNc1cccc(-c2ccn[nH]2)c1. The molecule has 0 unspecified atom stereocenters. The summed E-state index contributed by atoms with van der Waals surface area (Å²) in [5, 5.41) is 10.4. The lowest BCUT2D eigenvalue weighted by atomic mass is 9.92. The highest BCUT2D eigenvalue weighted by molar-refractivity contribution is 5.64. The number of nitrogens with one attached hydrogen (secondary N) is 2. The van der Waals surface area contributed by atoms with Crippen LogP contribution in [0.15, 0.2) is 36.5 Å². The maximum Gasteiger partial charge on any atom is 0.0650 e. The number of aromatic amines is 1. The Bertz CT molecular complexity index is 481. The molecule has 0 saturated heterocycles. The Balaban J connectivity index is 2.00. The van der Waals surface area contributed by atoms with Crippen molar-refractivity contribution in [3.05, 3.63) is 36.5 Å². The Morgan fingerprint density at radius 2 is 2.06 bits per heavy atom. The van der Waals surface area contributed by atoms with E-state index < -0.39 is 0 Å². The average molecular weight is 243 g/mol. The van der Waals surface area contributed by atoms with Crippen molar-refractivity contribution in [1.82, 2.24) is 10.2 Å². The quantitative estimate of drug-likeness (QED) is 0.854. The Morgan fingerprint density at radius 3 is 2.72 bits per heavy atom. The van der Waals surface area contributed by atoms with Crippen molar-refractivity contribution >= 4 is 5.69 Å². The molecule has 3 nitrogen and oxygen atoms in total. The summed E-state index contributed by atoms with van der Waals surface area (Å²) in [6.07, 6.45) is 2.93. The molecule has 1 aromatic carbocycles. The molecule has 0 spiro atoms. The molecule has 0 saturated carbocycles. The number of nitrogens with zero attached hydrogens (tertiary/aromatic N) is 1. The molecule has 0 fully saturated rings. The molecule has 1 heterocycles. The zero-order valence-electron chi connectivity index (χ0n) is 11.3. The average Bonchev–Trinajstić information content (AvgIpc) is 2.81. The fraction of sp³-hybridized carbons (Fsp3) is 0.400. The smallest absolute Gasteiger partial charge is 0.0650 e. The molecule has 2 rings (SSSR count). The van der Waals surface area contributed by atoms with Gasteiger partial charge in [0.15, 0.2) is 0 Å². The van der Waals surface area contributed by atoms with Gasteiger partial charge >= 0.3 is 0 Å². The molecular formula is C15H21N3. The Morgan fingerprint density at radius 1 is 1.22 bits per heavy atom. The first-order valence-corrected chi connectivity index (χ1v) is 6.38. The zero-order chi connectivity index (χ0) is 13.0. The maximum absolute atomic E-state index is 3.98. The lowest BCUT2D eigenvalue weighted by Gasteiger charge is -2.18. The van der Waals surface area contributed by atoms with Crippen LogP contribution in [0.5, 0.6) is 0 Å². The van der Waals surface area contributed by atoms with Crippen LogP contribution in [0.1, 0.15) is 27.2 Å². The Kier molecular flexibility index (Phi) is 3.70.